The van der Waals surface area contributed by atoms with Crippen LogP contribution in [0.25, 0.3) is 10.9 Å². The first-order valence-electron chi connectivity index (χ1n) is 14.1. The van der Waals surface area contributed by atoms with E-state index in [1.807, 2.05) is 11.8 Å². The molecule has 2 fully saturated rings. The zero-order chi connectivity index (χ0) is 30.3. The Morgan fingerprint density at radius 3 is 2.91 bits per heavy atom. The molecule has 0 aliphatic carbocycles. The van der Waals surface area contributed by atoms with Crippen LogP contribution in [0.15, 0.2) is 48.6 Å². The second kappa shape index (κ2) is 14.4. The maximum atomic E-state index is 15.1. The number of aliphatic hydroxyl groups is 1. The monoisotopic (exact) mass is 617 g/mol. The molecule has 13 heteroatoms. The van der Waals surface area contributed by atoms with Crippen molar-refractivity contribution in [2.75, 3.05) is 63.3 Å². The third-order valence-electron chi connectivity index (χ3n) is 7.45. The predicted octanol–water partition coefficient (Wildman–Crippen LogP) is 4.70. The molecule has 0 spiro atoms. The number of carbonyl (C=O) groups excluding carboxylic acids is 1. The standard InChI is InChI=1S/C30H34ClF2N5O5/c1-18-13-38(14-28(18)42-9-7-39)6-4-24(33)30(40)37-26-11-21-25(12-27(26)43-16-19-5-8-41-15-19)34-17-35-29(21)36-20-2-3-23(32)22(31)10-20/h2-4,10-12,17-19,28,39H,5-9,13-16H2,1H3,(H,37,40)(H,34,35,36)/b24-4-/t18-,19-,28+/m0/s1. The van der Waals surface area contributed by atoms with E-state index in [4.69, 9.17) is 30.9 Å². The van der Waals surface area contributed by atoms with Crippen molar-refractivity contribution in [3.8, 4) is 5.75 Å². The van der Waals surface area contributed by atoms with E-state index in [-0.39, 0.29) is 48.4 Å². The molecule has 1 amide bonds. The molecule has 10 nitrogen and oxygen atoms in total. The van der Waals surface area contributed by atoms with Gasteiger partial charge in [-0.25, -0.2) is 18.7 Å². The van der Waals surface area contributed by atoms with Gasteiger partial charge in [-0.05, 0) is 42.7 Å². The number of benzene rings is 2. The maximum absolute atomic E-state index is 15.1. The summed E-state index contributed by atoms with van der Waals surface area (Å²) in [7, 11) is 0. The number of carbonyl (C=O) groups is 1. The number of halogens is 3. The average molecular weight is 618 g/mol. The van der Waals surface area contributed by atoms with Crippen molar-refractivity contribution in [3.05, 3.63) is 59.4 Å². The topological polar surface area (TPSA) is 118 Å². The lowest BCUT2D eigenvalue weighted by Gasteiger charge is -2.17. The van der Waals surface area contributed by atoms with E-state index in [0.717, 1.165) is 6.42 Å². The van der Waals surface area contributed by atoms with Gasteiger partial charge >= 0.3 is 0 Å². The van der Waals surface area contributed by atoms with Crippen molar-refractivity contribution in [2.45, 2.75) is 19.4 Å². The molecule has 43 heavy (non-hydrogen) atoms. The lowest BCUT2D eigenvalue weighted by molar-refractivity contribution is -0.114. The number of likely N-dealkylation sites (tertiary alicyclic amines) is 1. The van der Waals surface area contributed by atoms with Gasteiger partial charge in [-0.1, -0.05) is 18.5 Å². The first-order chi connectivity index (χ1) is 20.8. The molecule has 0 radical (unpaired) electrons. The minimum absolute atomic E-state index is 0.0539. The van der Waals surface area contributed by atoms with Crippen molar-refractivity contribution in [1.29, 1.82) is 0 Å². The maximum Gasteiger partial charge on any atom is 0.284 e. The van der Waals surface area contributed by atoms with Crippen LogP contribution < -0.4 is 15.4 Å². The number of nitrogens with zero attached hydrogens (tertiary/aromatic N) is 3. The summed E-state index contributed by atoms with van der Waals surface area (Å²) in [6.07, 6.45) is 3.40. The Bertz CT molecular complexity index is 1470. The molecular weight excluding hydrogens is 584 g/mol. The van der Waals surface area contributed by atoms with Crippen LogP contribution in [0.4, 0.5) is 26.0 Å². The van der Waals surface area contributed by atoms with E-state index >= 15 is 4.39 Å². The largest absolute Gasteiger partial charge is 0.491 e. The van der Waals surface area contributed by atoms with Gasteiger partial charge < -0.3 is 30.0 Å². The van der Waals surface area contributed by atoms with E-state index < -0.39 is 17.6 Å². The summed E-state index contributed by atoms with van der Waals surface area (Å²) < 4.78 is 45.9. The predicted molar refractivity (Wildman–Crippen MR) is 159 cm³/mol. The summed E-state index contributed by atoms with van der Waals surface area (Å²) in [6, 6.07) is 7.45. The van der Waals surface area contributed by atoms with Crippen LogP contribution in [0, 0.1) is 17.7 Å². The Morgan fingerprint density at radius 1 is 1.28 bits per heavy atom. The first-order valence-corrected chi connectivity index (χ1v) is 14.5. The molecule has 2 aliphatic rings. The second-order valence-electron chi connectivity index (χ2n) is 10.7. The minimum atomic E-state index is -0.939. The molecule has 3 heterocycles. The Balaban J connectivity index is 1.36. The van der Waals surface area contributed by atoms with Gasteiger partial charge in [0.1, 0.15) is 23.7 Å². The number of ether oxygens (including phenoxy) is 3. The Labute approximate surface area is 253 Å². The zero-order valence-corrected chi connectivity index (χ0v) is 24.4. The Kier molecular flexibility index (Phi) is 10.4. The highest BCUT2D eigenvalue weighted by Crippen LogP contribution is 2.35. The molecule has 2 aromatic carbocycles. The van der Waals surface area contributed by atoms with E-state index in [1.54, 1.807) is 12.1 Å². The summed E-state index contributed by atoms with van der Waals surface area (Å²) in [4.78, 5) is 23.6. The lowest BCUT2D eigenvalue weighted by atomic mass is 10.1. The quantitative estimate of drug-likeness (QED) is 0.249. The summed E-state index contributed by atoms with van der Waals surface area (Å²) in [5.41, 5.74) is 1.24. The summed E-state index contributed by atoms with van der Waals surface area (Å²) in [5.74, 6) is -1.31. The summed E-state index contributed by atoms with van der Waals surface area (Å²) >= 11 is 5.94. The van der Waals surface area contributed by atoms with Gasteiger partial charge in [0.25, 0.3) is 5.91 Å². The second-order valence-corrected chi connectivity index (χ2v) is 11.1. The number of anilines is 3. The number of aromatic nitrogens is 2. The number of amides is 1. The molecule has 3 aromatic rings. The zero-order valence-electron chi connectivity index (χ0n) is 23.7. The Morgan fingerprint density at radius 2 is 2.14 bits per heavy atom. The van der Waals surface area contributed by atoms with Crippen molar-refractivity contribution in [1.82, 2.24) is 14.9 Å². The highest BCUT2D eigenvalue weighted by Gasteiger charge is 2.30. The average Bonchev–Trinajstić information content (AvgIpc) is 3.65. The fraction of sp³-hybridized carbons (Fsp3) is 0.433. The molecule has 2 aliphatic heterocycles. The van der Waals surface area contributed by atoms with Crippen LogP contribution in [-0.2, 0) is 14.3 Å². The minimum Gasteiger partial charge on any atom is -0.491 e. The van der Waals surface area contributed by atoms with Crippen molar-refractivity contribution in [2.24, 2.45) is 11.8 Å². The number of rotatable bonds is 12. The molecule has 2 saturated heterocycles. The van der Waals surface area contributed by atoms with E-state index in [1.165, 1.54) is 30.6 Å². The summed E-state index contributed by atoms with van der Waals surface area (Å²) in [5, 5.41) is 15.2. The number of aliphatic hydroxyl groups excluding tert-OH is 1. The van der Waals surface area contributed by atoms with E-state index in [2.05, 4.69) is 20.6 Å². The van der Waals surface area contributed by atoms with Gasteiger partial charge in [0, 0.05) is 49.3 Å². The fourth-order valence-corrected chi connectivity index (χ4v) is 5.30. The van der Waals surface area contributed by atoms with Gasteiger partial charge in [0.15, 0.2) is 5.83 Å². The van der Waals surface area contributed by atoms with Crippen LogP contribution in [0.3, 0.4) is 0 Å². The van der Waals surface area contributed by atoms with E-state index in [0.29, 0.717) is 61.1 Å². The number of hydrogen-bond acceptors (Lipinski definition) is 9. The van der Waals surface area contributed by atoms with Crippen LogP contribution in [0.5, 0.6) is 5.75 Å². The van der Waals surface area contributed by atoms with Crippen LogP contribution in [0.1, 0.15) is 13.3 Å². The van der Waals surface area contributed by atoms with E-state index in [9.17, 15) is 9.18 Å². The number of fused-ring (bicyclic) bond motifs is 1. The van der Waals surface area contributed by atoms with Crippen LogP contribution in [0.2, 0.25) is 5.02 Å². The molecule has 3 N–H and O–H groups in total. The van der Waals surface area contributed by atoms with Crippen LogP contribution >= 0.6 is 11.6 Å². The van der Waals surface area contributed by atoms with Gasteiger partial charge in [0.2, 0.25) is 0 Å². The lowest BCUT2D eigenvalue weighted by Crippen LogP contribution is -2.25. The molecular formula is C30H34ClF2N5O5. The van der Waals surface area contributed by atoms with Gasteiger partial charge in [-0.15, -0.1) is 0 Å². The molecule has 230 valence electrons. The number of hydrogen-bond donors (Lipinski definition) is 3. The van der Waals surface area contributed by atoms with Gasteiger partial charge in [0.05, 0.1) is 48.8 Å². The smallest absolute Gasteiger partial charge is 0.284 e. The first kappa shape index (κ1) is 31.0. The van der Waals surface area contributed by atoms with Gasteiger partial charge in [-0.3, -0.25) is 9.69 Å². The van der Waals surface area contributed by atoms with Crippen LogP contribution in [-0.4, -0.2) is 84.7 Å². The molecule has 0 bridgehead atoms. The molecule has 1 aromatic heterocycles. The highest BCUT2D eigenvalue weighted by atomic mass is 35.5. The Hall–Kier alpha value is -3.42. The third-order valence-corrected chi connectivity index (χ3v) is 7.74. The fourth-order valence-electron chi connectivity index (χ4n) is 5.12. The van der Waals surface area contributed by atoms with Crippen molar-refractivity contribution in [3.63, 3.8) is 0 Å². The molecule has 3 atom stereocenters. The summed E-state index contributed by atoms with van der Waals surface area (Å²) in [6.45, 7) is 5.30. The number of nitrogens with one attached hydrogen (secondary N) is 2. The van der Waals surface area contributed by atoms with Gasteiger partial charge in [-0.2, -0.15) is 0 Å². The van der Waals surface area contributed by atoms with Crippen molar-refractivity contribution >= 4 is 45.6 Å². The normalized spacial score (nSPS) is 21.0. The molecule has 5 rings (SSSR count). The SMILES string of the molecule is C[C@H]1CN(C/C=C(\F)C(=O)Nc2cc3c(Nc4ccc(F)c(Cl)c4)ncnc3cc2OC[C@H]2CCOC2)C[C@H]1OCCO. The molecule has 0 unspecified atom stereocenters. The highest BCUT2D eigenvalue weighted by molar-refractivity contribution is 6.31. The van der Waals surface area contributed by atoms with Crippen molar-refractivity contribution < 1.29 is 32.9 Å². The molecule has 0 saturated carbocycles. The third kappa shape index (κ3) is 7.95.